The van der Waals surface area contributed by atoms with Gasteiger partial charge in [-0.05, 0) is 39.5 Å². The maximum Gasteiger partial charge on any atom is 0.534 e. The van der Waals surface area contributed by atoms with Gasteiger partial charge in [0.05, 0.1) is 13.2 Å². The molecule has 1 amide bonds. The van der Waals surface area contributed by atoms with Crippen molar-refractivity contribution in [2.45, 2.75) is 51.1 Å². The SMILES string of the molecule is COC(=O)C=C(CC1CCN(C(=O)OC(C)(C)C)CC1)OS(=O)(=O)C(F)(F)F. The van der Waals surface area contributed by atoms with E-state index in [4.69, 9.17) is 4.74 Å². The summed E-state index contributed by atoms with van der Waals surface area (Å²) in [5, 5.41) is 0. The van der Waals surface area contributed by atoms with Crippen LogP contribution in [0.15, 0.2) is 11.8 Å². The number of nitrogens with zero attached hydrogens (tertiary/aromatic N) is 1. The van der Waals surface area contributed by atoms with Crippen molar-refractivity contribution >= 4 is 22.2 Å². The molecule has 0 radical (unpaired) electrons. The number of methoxy groups -OCH3 is 1. The van der Waals surface area contributed by atoms with Gasteiger partial charge in [0.1, 0.15) is 11.4 Å². The molecule has 0 atom stereocenters. The van der Waals surface area contributed by atoms with Crippen LogP contribution in [0.25, 0.3) is 0 Å². The second kappa shape index (κ2) is 9.01. The molecule has 0 aromatic heterocycles. The minimum atomic E-state index is -5.91. The van der Waals surface area contributed by atoms with Gasteiger partial charge in [-0.15, -0.1) is 0 Å². The number of carbonyl (C=O) groups excluding carboxylic acids is 2. The topological polar surface area (TPSA) is 99.2 Å². The monoisotopic (exact) mass is 431 g/mol. The maximum atomic E-state index is 12.6. The molecule has 8 nitrogen and oxygen atoms in total. The number of hydrogen-bond acceptors (Lipinski definition) is 7. The number of alkyl halides is 3. The first-order valence-corrected chi connectivity index (χ1v) is 9.82. The van der Waals surface area contributed by atoms with E-state index in [1.165, 1.54) is 4.90 Å². The molecule has 12 heteroatoms. The molecule has 0 unspecified atom stereocenters. The molecule has 0 bridgehead atoms. The number of hydrogen-bond donors (Lipinski definition) is 0. The molecule has 1 aliphatic heterocycles. The summed E-state index contributed by atoms with van der Waals surface area (Å²) in [5.74, 6) is -2.00. The predicted molar refractivity (Wildman–Crippen MR) is 91.3 cm³/mol. The van der Waals surface area contributed by atoms with Gasteiger partial charge >= 0.3 is 27.7 Å². The van der Waals surface area contributed by atoms with Crippen LogP contribution in [0, 0.1) is 5.92 Å². The summed E-state index contributed by atoms with van der Waals surface area (Å²) in [7, 11) is -4.91. The van der Waals surface area contributed by atoms with Crippen molar-refractivity contribution < 1.29 is 44.8 Å². The zero-order valence-corrected chi connectivity index (χ0v) is 16.9. The van der Waals surface area contributed by atoms with E-state index < -0.39 is 39.0 Å². The van der Waals surface area contributed by atoms with Gasteiger partial charge in [0.2, 0.25) is 0 Å². The van der Waals surface area contributed by atoms with Gasteiger partial charge in [0, 0.05) is 19.5 Å². The van der Waals surface area contributed by atoms with E-state index in [0.717, 1.165) is 7.11 Å². The Hall–Kier alpha value is -1.98. The van der Waals surface area contributed by atoms with E-state index >= 15 is 0 Å². The van der Waals surface area contributed by atoms with Crippen LogP contribution in [0.3, 0.4) is 0 Å². The lowest BCUT2D eigenvalue weighted by atomic mass is 9.93. The molecular formula is C16H24F3NO7S. The van der Waals surface area contributed by atoms with Gasteiger partial charge in [0.25, 0.3) is 0 Å². The predicted octanol–water partition coefficient (Wildman–Crippen LogP) is 2.95. The fourth-order valence-electron chi connectivity index (χ4n) is 2.43. The quantitative estimate of drug-likeness (QED) is 0.217. The number of allylic oxidation sites excluding steroid dienone is 1. The van der Waals surface area contributed by atoms with Crippen LogP contribution < -0.4 is 0 Å². The molecule has 0 saturated carbocycles. The van der Waals surface area contributed by atoms with Gasteiger partial charge in [-0.3, -0.25) is 0 Å². The largest absolute Gasteiger partial charge is 0.534 e. The molecule has 1 rings (SSSR count). The second-order valence-electron chi connectivity index (χ2n) is 7.23. The smallest absolute Gasteiger partial charge is 0.466 e. The highest BCUT2D eigenvalue weighted by molar-refractivity contribution is 7.87. The highest BCUT2D eigenvalue weighted by atomic mass is 32.2. The van der Waals surface area contributed by atoms with E-state index in [2.05, 4.69) is 8.92 Å². The Morgan fingerprint density at radius 2 is 1.68 bits per heavy atom. The van der Waals surface area contributed by atoms with Crippen LogP contribution in [-0.4, -0.2) is 56.7 Å². The molecule has 28 heavy (non-hydrogen) atoms. The van der Waals surface area contributed by atoms with Crippen LogP contribution in [0.2, 0.25) is 0 Å². The number of amides is 1. The molecule has 0 spiro atoms. The summed E-state index contributed by atoms with van der Waals surface area (Å²) in [6.07, 6.45) is 0.573. The molecule has 162 valence electrons. The summed E-state index contributed by atoms with van der Waals surface area (Å²) in [4.78, 5) is 24.8. The number of halogens is 3. The number of esters is 1. The van der Waals surface area contributed by atoms with Crippen LogP contribution in [0.1, 0.15) is 40.0 Å². The van der Waals surface area contributed by atoms with Crippen LogP contribution in [-0.2, 0) is 28.6 Å². The Bertz CT molecular complexity index is 703. The van der Waals surface area contributed by atoms with Gasteiger partial charge < -0.3 is 18.6 Å². The fourth-order valence-corrected chi connectivity index (χ4v) is 2.92. The molecule has 0 N–H and O–H groups in total. The summed E-state index contributed by atoms with van der Waals surface area (Å²) in [6.45, 7) is 5.72. The van der Waals surface area contributed by atoms with E-state index in [1.807, 2.05) is 0 Å². The zero-order valence-electron chi connectivity index (χ0n) is 16.0. The minimum Gasteiger partial charge on any atom is -0.466 e. The van der Waals surface area contributed by atoms with E-state index in [-0.39, 0.29) is 25.4 Å². The molecular weight excluding hydrogens is 407 g/mol. The molecule has 0 aromatic carbocycles. The van der Waals surface area contributed by atoms with Crippen molar-refractivity contribution in [1.82, 2.24) is 4.90 Å². The first kappa shape index (κ1) is 24.1. The summed E-state index contributed by atoms with van der Waals surface area (Å²) < 4.78 is 73.8. The van der Waals surface area contributed by atoms with Crippen molar-refractivity contribution in [3.63, 3.8) is 0 Å². The van der Waals surface area contributed by atoms with Crippen molar-refractivity contribution in [2.24, 2.45) is 5.92 Å². The van der Waals surface area contributed by atoms with Crippen LogP contribution >= 0.6 is 0 Å². The lowest BCUT2D eigenvalue weighted by Gasteiger charge is -2.33. The van der Waals surface area contributed by atoms with Crippen LogP contribution in [0.4, 0.5) is 18.0 Å². The standard InChI is InChI=1S/C16H24F3NO7S/c1-15(2,3)26-14(22)20-7-5-11(6-8-20)9-12(10-13(21)25-4)27-28(23,24)16(17,18)19/h10-11H,5-9H2,1-4H3. The summed E-state index contributed by atoms with van der Waals surface area (Å²) in [5.41, 5.74) is -6.29. The van der Waals surface area contributed by atoms with Crippen molar-refractivity contribution in [3.8, 4) is 0 Å². The number of likely N-dealkylation sites (tertiary alicyclic amines) is 1. The van der Waals surface area contributed by atoms with Crippen molar-refractivity contribution in [3.05, 3.63) is 11.8 Å². The van der Waals surface area contributed by atoms with E-state index in [0.29, 0.717) is 18.9 Å². The summed E-state index contributed by atoms with van der Waals surface area (Å²) in [6, 6.07) is 0. The third kappa shape index (κ3) is 7.56. The lowest BCUT2D eigenvalue weighted by molar-refractivity contribution is -0.135. The number of rotatable bonds is 5. The van der Waals surface area contributed by atoms with E-state index in [9.17, 15) is 31.2 Å². The Kier molecular flexibility index (Phi) is 7.74. The highest BCUT2D eigenvalue weighted by Crippen LogP contribution is 2.31. The molecule has 1 saturated heterocycles. The molecule has 1 fully saturated rings. The normalized spacial score (nSPS) is 17.2. The third-order valence-corrected chi connectivity index (χ3v) is 4.74. The van der Waals surface area contributed by atoms with Gasteiger partial charge in [-0.2, -0.15) is 21.6 Å². The Morgan fingerprint density at radius 1 is 1.14 bits per heavy atom. The van der Waals surface area contributed by atoms with Crippen LogP contribution in [0.5, 0.6) is 0 Å². The Labute approximate surface area is 161 Å². The second-order valence-corrected chi connectivity index (χ2v) is 8.77. The van der Waals surface area contributed by atoms with E-state index in [1.54, 1.807) is 20.8 Å². The van der Waals surface area contributed by atoms with Gasteiger partial charge in [-0.25, -0.2) is 9.59 Å². The number of carbonyl (C=O) groups is 2. The average molecular weight is 431 g/mol. The lowest BCUT2D eigenvalue weighted by Crippen LogP contribution is -2.41. The molecule has 1 aliphatic rings. The minimum absolute atomic E-state index is 0.230. The molecule has 0 aliphatic carbocycles. The Morgan fingerprint density at radius 3 is 2.11 bits per heavy atom. The average Bonchev–Trinajstić information content (AvgIpc) is 2.52. The van der Waals surface area contributed by atoms with Gasteiger partial charge in [0.15, 0.2) is 0 Å². The van der Waals surface area contributed by atoms with Crippen molar-refractivity contribution in [1.29, 1.82) is 0 Å². The first-order chi connectivity index (χ1) is 12.6. The fraction of sp³-hybridized carbons (Fsp3) is 0.750. The summed E-state index contributed by atoms with van der Waals surface area (Å²) >= 11 is 0. The Balaban J connectivity index is 2.78. The number of ether oxygens (including phenoxy) is 2. The third-order valence-electron chi connectivity index (χ3n) is 3.74. The maximum absolute atomic E-state index is 12.6. The molecule has 0 aromatic rings. The molecule has 1 heterocycles. The van der Waals surface area contributed by atoms with Gasteiger partial charge in [-0.1, -0.05) is 0 Å². The first-order valence-electron chi connectivity index (χ1n) is 8.42. The highest BCUT2D eigenvalue weighted by Gasteiger charge is 2.49. The number of piperidine rings is 1. The zero-order chi connectivity index (χ0) is 21.8. The van der Waals surface area contributed by atoms with Crippen molar-refractivity contribution in [2.75, 3.05) is 20.2 Å².